The largest absolute Gasteiger partial charge is 0.416 e. The van der Waals surface area contributed by atoms with Gasteiger partial charge in [-0.25, -0.2) is 0 Å². The summed E-state index contributed by atoms with van der Waals surface area (Å²) < 4.78 is 37.7. The third-order valence-corrected chi connectivity index (χ3v) is 3.04. The smallest absolute Gasteiger partial charge is 0.314 e. The lowest BCUT2D eigenvalue weighted by molar-refractivity contribution is -0.137. The number of rotatable bonds is 6. The Morgan fingerprint density at radius 1 is 1.30 bits per heavy atom. The lowest BCUT2D eigenvalue weighted by atomic mass is 10.1. The highest BCUT2D eigenvalue weighted by Crippen LogP contribution is 2.31. The number of halogens is 5. The number of hydrogen-bond donors (Lipinski definition) is 1. The molecule has 7 heteroatoms. The summed E-state index contributed by atoms with van der Waals surface area (Å²) in [5, 5.41) is 2.65. The number of benzene rings is 1. The lowest BCUT2D eigenvalue weighted by Crippen LogP contribution is -2.28. The van der Waals surface area contributed by atoms with Crippen molar-refractivity contribution in [1.82, 2.24) is 10.2 Å². The summed E-state index contributed by atoms with van der Waals surface area (Å²) in [6.45, 7) is 2.04. The topological polar surface area (TPSA) is 15.3 Å². The Hall–Kier alpha value is -0.490. The maximum Gasteiger partial charge on any atom is 0.416 e. The van der Waals surface area contributed by atoms with E-state index in [1.807, 2.05) is 19.0 Å². The van der Waals surface area contributed by atoms with E-state index in [0.717, 1.165) is 25.2 Å². The number of nitrogens with one attached hydrogen (secondary N) is 1. The molecule has 1 aromatic carbocycles. The van der Waals surface area contributed by atoms with Crippen LogP contribution in [0.2, 0.25) is 0 Å². The van der Waals surface area contributed by atoms with Crippen molar-refractivity contribution < 1.29 is 13.2 Å². The van der Waals surface area contributed by atoms with Crippen molar-refractivity contribution in [3.8, 4) is 0 Å². The zero-order valence-corrected chi connectivity index (χ0v) is 12.9. The summed E-state index contributed by atoms with van der Waals surface area (Å²) in [4.78, 5) is 2.01. The van der Waals surface area contributed by atoms with Gasteiger partial charge in [0, 0.05) is 19.6 Å². The maximum absolute atomic E-state index is 12.6. The van der Waals surface area contributed by atoms with E-state index in [9.17, 15) is 13.2 Å². The quantitative estimate of drug-likeness (QED) is 0.633. The molecule has 1 unspecified atom stereocenters. The van der Waals surface area contributed by atoms with Crippen LogP contribution in [-0.2, 0) is 6.18 Å². The second kappa shape index (κ2) is 8.72. The van der Waals surface area contributed by atoms with Gasteiger partial charge in [0.05, 0.1) is 10.9 Å². The number of alkyl halides is 4. The zero-order valence-electron chi connectivity index (χ0n) is 11.4. The summed E-state index contributed by atoms with van der Waals surface area (Å²) >= 11 is 6.10. The van der Waals surface area contributed by atoms with Crippen LogP contribution in [0, 0.1) is 0 Å². The molecule has 1 N–H and O–H groups in total. The Bertz CT molecular complexity index is 397. The molecule has 0 aliphatic rings. The molecule has 0 spiro atoms. The average Bonchev–Trinajstić information content (AvgIpc) is 2.33. The highest BCUT2D eigenvalue weighted by molar-refractivity contribution is 6.21. The van der Waals surface area contributed by atoms with Crippen molar-refractivity contribution in [1.29, 1.82) is 0 Å². The minimum absolute atomic E-state index is 0. The van der Waals surface area contributed by atoms with Crippen LogP contribution in [0.25, 0.3) is 0 Å². The number of likely N-dealkylation sites (N-methyl/N-ethyl adjacent to an activating group) is 1. The molecule has 0 fully saturated rings. The van der Waals surface area contributed by atoms with E-state index in [0.29, 0.717) is 12.1 Å². The molecule has 0 aromatic heterocycles. The van der Waals surface area contributed by atoms with E-state index in [2.05, 4.69) is 5.32 Å². The molecule has 0 bridgehead atoms. The van der Waals surface area contributed by atoms with Gasteiger partial charge in [-0.3, -0.25) is 0 Å². The van der Waals surface area contributed by atoms with Crippen molar-refractivity contribution in [3.05, 3.63) is 35.4 Å². The zero-order chi connectivity index (χ0) is 14.5. The molecule has 1 rings (SSSR count). The third-order valence-electron chi connectivity index (χ3n) is 2.63. The van der Waals surface area contributed by atoms with E-state index in [1.165, 1.54) is 6.07 Å². The predicted molar refractivity (Wildman–Crippen MR) is 78.7 cm³/mol. The minimum Gasteiger partial charge on any atom is -0.314 e. The molecular formula is C13H19Cl2F3N2. The fraction of sp³-hybridized carbons (Fsp3) is 0.538. The first-order valence-electron chi connectivity index (χ1n) is 5.97. The number of nitrogens with zero attached hydrogens (tertiary/aromatic N) is 1. The first-order chi connectivity index (χ1) is 8.80. The molecule has 0 saturated heterocycles. The van der Waals surface area contributed by atoms with Gasteiger partial charge in [-0.05, 0) is 25.7 Å². The first kappa shape index (κ1) is 19.5. The Balaban J connectivity index is 0.00000361. The van der Waals surface area contributed by atoms with Crippen LogP contribution in [0.5, 0.6) is 0 Å². The molecule has 0 heterocycles. The van der Waals surface area contributed by atoms with Crippen molar-refractivity contribution in [2.75, 3.05) is 33.7 Å². The van der Waals surface area contributed by atoms with Crippen LogP contribution in [0.4, 0.5) is 13.2 Å². The summed E-state index contributed by atoms with van der Waals surface area (Å²) in [5.41, 5.74) is -0.183. The minimum atomic E-state index is -4.33. The second-order valence-corrected chi connectivity index (χ2v) is 5.12. The Kier molecular flexibility index (Phi) is 8.51. The maximum atomic E-state index is 12.6. The van der Waals surface area contributed by atoms with Gasteiger partial charge >= 0.3 is 6.18 Å². The van der Waals surface area contributed by atoms with Gasteiger partial charge in [-0.1, -0.05) is 18.2 Å². The molecule has 0 amide bonds. The van der Waals surface area contributed by atoms with Crippen LogP contribution >= 0.6 is 24.0 Å². The Morgan fingerprint density at radius 3 is 2.50 bits per heavy atom. The van der Waals surface area contributed by atoms with Crippen LogP contribution in [0.1, 0.15) is 16.5 Å². The third kappa shape index (κ3) is 6.79. The van der Waals surface area contributed by atoms with Crippen LogP contribution in [-0.4, -0.2) is 38.6 Å². The van der Waals surface area contributed by atoms with Crippen molar-refractivity contribution in [2.24, 2.45) is 0 Å². The molecule has 20 heavy (non-hydrogen) atoms. The fourth-order valence-corrected chi connectivity index (χ4v) is 1.80. The van der Waals surface area contributed by atoms with E-state index in [-0.39, 0.29) is 12.4 Å². The van der Waals surface area contributed by atoms with Gasteiger partial charge in [0.15, 0.2) is 0 Å². The van der Waals surface area contributed by atoms with Crippen molar-refractivity contribution in [3.63, 3.8) is 0 Å². The SMILES string of the molecule is CN(C)CCNCC(Cl)c1cccc(C(F)(F)F)c1.Cl. The van der Waals surface area contributed by atoms with E-state index < -0.39 is 17.1 Å². The van der Waals surface area contributed by atoms with Gasteiger partial charge in [0.1, 0.15) is 0 Å². The van der Waals surface area contributed by atoms with E-state index in [1.54, 1.807) is 6.07 Å². The van der Waals surface area contributed by atoms with E-state index in [4.69, 9.17) is 11.6 Å². The fourth-order valence-electron chi connectivity index (χ4n) is 1.56. The second-order valence-electron chi connectivity index (χ2n) is 4.60. The Labute approximate surface area is 128 Å². The van der Waals surface area contributed by atoms with Gasteiger partial charge in [0.2, 0.25) is 0 Å². The monoisotopic (exact) mass is 330 g/mol. The standard InChI is InChI=1S/C13H18ClF3N2.ClH/c1-19(2)7-6-18-9-12(14)10-4-3-5-11(8-10)13(15,16)17;/h3-5,8,12,18H,6-7,9H2,1-2H3;1H. The summed E-state index contributed by atoms with van der Waals surface area (Å²) in [7, 11) is 3.90. The number of hydrogen-bond acceptors (Lipinski definition) is 2. The van der Waals surface area contributed by atoms with Crippen LogP contribution in [0.3, 0.4) is 0 Å². The lowest BCUT2D eigenvalue weighted by Gasteiger charge is -2.15. The van der Waals surface area contributed by atoms with Crippen LogP contribution < -0.4 is 5.32 Å². The highest BCUT2D eigenvalue weighted by atomic mass is 35.5. The van der Waals surface area contributed by atoms with Gasteiger partial charge < -0.3 is 10.2 Å². The van der Waals surface area contributed by atoms with Crippen LogP contribution in [0.15, 0.2) is 24.3 Å². The molecule has 1 aromatic rings. The summed E-state index contributed by atoms with van der Waals surface area (Å²) in [6, 6.07) is 5.14. The van der Waals surface area contributed by atoms with Gasteiger partial charge in [-0.15, -0.1) is 24.0 Å². The molecule has 116 valence electrons. The van der Waals surface area contributed by atoms with Gasteiger partial charge in [0.25, 0.3) is 0 Å². The molecule has 0 saturated carbocycles. The summed E-state index contributed by atoms with van der Waals surface area (Å²) in [6.07, 6.45) is -4.33. The molecular weight excluding hydrogens is 312 g/mol. The molecule has 2 nitrogen and oxygen atoms in total. The first-order valence-corrected chi connectivity index (χ1v) is 6.41. The van der Waals surface area contributed by atoms with Crippen molar-refractivity contribution >= 4 is 24.0 Å². The average molecular weight is 331 g/mol. The molecule has 0 aliphatic carbocycles. The molecule has 1 atom stereocenters. The summed E-state index contributed by atoms with van der Waals surface area (Å²) in [5.74, 6) is 0. The highest BCUT2D eigenvalue weighted by Gasteiger charge is 2.30. The van der Waals surface area contributed by atoms with E-state index >= 15 is 0 Å². The predicted octanol–water partition coefficient (Wildman–Crippen LogP) is 3.56. The molecule has 0 aliphatic heterocycles. The molecule has 0 radical (unpaired) electrons. The van der Waals surface area contributed by atoms with Gasteiger partial charge in [-0.2, -0.15) is 13.2 Å². The van der Waals surface area contributed by atoms with Crippen molar-refractivity contribution in [2.45, 2.75) is 11.6 Å². The normalized spacial score (nSPS) is 13.2. The Morgan fingerprint density at radius 2 is 1.95 bits per heavy atom.